The molecule has 0 bridgehead atoms. The summed E-state index contributed by atoms with van der Waals surface area (Å²) in [6, 6.07) is 22.0. The minimum absolute atomic E-state index is 0.249. The Balaban J connectivity index is 1.58. The van der Waals surface area contributed by atoms with Crippen molar-refractivity contribution >= 4 is 50.1 Å². The van der Waals surface area contributed by atoms with E-state index in [-0.39, 0.29) is 11.6 Å². The number of nitrogens with zero attached hydrogens (tertiary/aromatic N) is 3. The molecule has 0 aliphatic carbocycles. The van der Waals surface area contributed by atoms with Crippen LogP contribution in [0.1, 0.15) is 17.0 Å². The first kappa shape index (κ1) is 23.2. The third-order valence-corrected chi connectivity index (χ3v) is 7.73. The first-order chi connectivity index (χ1) is 15.5. The van der Waals surface area contributed by atoms with Crippen LogP contribution in [0.2, 0.25) is 5.02 Å². The molecule has 0 aliphatic rings. The highest BCUT2D eigenvalue weighted by Gasteiger charge is 2.18. The maximum absolute atomic E-state index is 14.2. The van der Waals surface area contributed by atoms with Gasteiger partial charge in [-0.2, -0.15) is 0 Å². The molecule has 32 heavy (non-hydrogen) atoms. The molecule has 4 nitrogen and oxygen atoms in total. The molecule has 4 aromatic rings. The third kappa shape index (κ3) is 5.67. The highest BCUT2D eigenvalue weighted by molar-refractivity contribution is 9.10. The second-order valence-electron chi connectivity index (χ2n) is 6.91. The number of hydrogen-bond acceptors (Lipinski definition) is 4. The number of rotatable bonds is 8. The largest absolute Gasteiger partial charge is 0.273 e. The third-order valence-electron chi connectivity index (χ3n) is 4.65. The van der Waals surface area contributed by atoms with Gasteiger partial charge in [-0.3, -0.25) is 8.78 Å². The van der Waals surface area contributed by atoms with Crippen LogP contribution >= 0.6 is 39.3 Å². The van der Waals surface area contributed by atoms with Crippen molar-refractivity contribution in [1.29, 1.82) is 0 Å². The SMILES string of the molecule is O=[S@](Cc1ccc(Br)cc1)Cc1nnc(SCc2c(F)cccc2Cl)n1-c1ccccc1. The summed E-state index contributed by atoms with van der Waals surface area (Å²) < 4.78 is 29.9. The maximum atomic E-state index is 14.2. The summed E-state index contributed by atoms with van der Waals surface area (Å²) in [5.74, 6) is 1.21. The van der Waals surface area contributed by atoms with Crippen molar-refractivity contribution in [3.8, 4) is 5.69 Å². The molecular weight excluding hydrogens is 533 g/mol. The number of thioether (sulfide) groups is 1. The molecule has 0 saturated heterocycles. The lowest BCUT2D eigenvalue weighted by atomic mass is 10.2. The quantitative estimate of drug-likeness (QED) is 0.233. The van der Waals surface area contributed by atoms with Gasteiger partial charge < -0.3 is 0 Å². The van der Waals surface area contributed by atoms with E-state index in [0.29, 0.717) is 33.1 Å². The fraction of sp³-hybridized carbons (Fsp3) is 0.130. The average molecular weight is 551 g/mol. The van der Waals surface area contributed by atoms with Crippen molar-refractivity contribution in [1.82, 2.24) is 14.8 Å². The van der Waals surface area contributed by atoms with Gasteiger partial charge in [0.25, 0.3) is 0 Å². The smallest absolute Gasteiger partial charge is 0.196 e. The number of para-hydroxylation sites is 1. The van der Waals surface area contributed by atoms with E-state index in [0.717, 1.165) is 15.7 Å². The summed E-state index contributed by atoms with van der Waals surface area (Å²) in [5, 5.41) is 9.58. The van der Waals surface area contributed by atoms with Gasteiger partial charge in [0.1, 0.15) is 5.82 Å². The van der Waals surface area contributed by atoms with E-state index >= 15 is 0 Å². The molecule has 0 unspecified atom stereocenters. The Kier molecular flexibility index (Phi) is 7.78. The molecular formula is C23H18BrClFN3OS2. The second kappa shape index (κ2) is 10.7. The van der Waals surface area contributed by atoms with Crippen LogP contribution in [0.5, 0.6) is 0 Å². The Morgan fingerprint density at radius 2 is 1.72 bits per heavy atom. The Bertz CT molecular complexity index is 1220. The maximum Gasteiger partial charge on any atom is 0.196 e. The lowest BCUT2D eigenvalue weighted by Crippen LogP contribution is -2.07. The molecule has 0 aliphatic heterocycles. The Morgan fingerprint density at radius 1 is 0.969 bits per heavy atom. The van der Waals surface area contributed by atoms with Gasteiger partial charge in [-0.25, -0.2) is 4.39 Å². The van der Waals surface area contributed by atoms with E-state index in [1.54, 1.807) is 12.1 Å². The van der Waals surface area contributed by atoms with E-state index in [1.165, 1.54) is 17.8 Å². The molecule has 0 radical (unpaired) electrons. The topological polar surface area (TPSA) is 47.8 Å². The molecule has 9 heteroatoms. The van der Waals surface area contributed by atoms with Crippen LogP contribution in [0.25, 0.3) is 5.69 Å². The standard InChI is InChI=1S/C23H18BrClFN3OS2/c24-17-11-9-16(10-12-17)14-32(30)15-22-27-28-23(29(22)18-5-2-1-3-6-18)31-13-19-20(25)7-4-8-21(19)26/h1-12H,13-15H2/t32-/m1/s1. The number of aromatic nitrogens is 3. The lowest BCUT2D eigenvalue weighted by molar-refractivity contribution is 0.617. The van der Waals surface area contributed by atoms with Crippen molar-refractivity contribution < 1.29 is 8.60 Å². The van der Waals surface area contributed by atoms with E-state index in [4.69, 9.17) is 11.6 Å². The van der Waals surface area contributed by atoms with Crippen LogP contribution in [0.15, 0.2) is 82.4 Å². The summed E-state index contributed by atoms with van der Waals surface area (Å²) in [6.45, 7) is 0. The molecule has 1 aromatic heterocycles. The molecule has 0 saturated carbocycles. The Labute approximate surface area is 205 Å². The van der Waals surface area contributed by atoms with Crippen LogP contribution in [0, 0.1) is 5.82 Å². The first-order valence-electron chi connectivity index (χ1n) is 9.66. The Hall–Kier alpha value is -2.00. The van der Waals surface area contributed by atoms with Gasteiger partial charge in [-0.1, -0.05) is 75.7 Å². The molecule has 0 amide bonds. The van der Waals surface area contributed by atoms with Crippen LogP contribution in [-0.4, -0.2) is 19.0 Å². The lowest BCUT2D eigenvalue weighted by Gasteiger charge is -2.11. The highest BCUT2D eigenvalue weighted by Crippen LogP contribution is 2.30. The zero-order chi connectivity index (χ0) is 22.5. The van der Waals surface area contributed by atoms with Crippen molar-refractivity contribution in [3.63, 3.8) is 0 Å². The first-order valence-corrected chi connectivity index (χ1v) is 13.3. The molecule has 0 N–H and O–H groups in total. The minimum Gasteiger partial charge on any atom is -0.273 e. The fourth-order valence-corrected chi connectivity index (χ4v) is 5.81. The zero-order valence-corrected chi connectivity index (χ0v) is 20.7. The minimum atomic E-state index is -1.18. The second-order valence-corrected chi connectivity index (χ2v) is 10.6. The molecule has 1 atom stereocenters. The van der Waals surface area contributed by atoms with Gasteiger partial charge in [0.15, 0.2) is 11.0 Å². The normalized spacial score (nSPS) is 12.1. The molecule has 0 fully saturated rings. The summed E-state index contributed by atoms with van der Waals surface area (Å²) in [6.07, 6.45) is 0. The van der Waals surface area contributed by atoms with Gasteiger partial charge in [0, 0.05) is 43.1 Å². The molecule has 3 aromatic carbocycles. The zero-order valence-electron chi connectivity index (χ0n) is 16.7. The summed E-state index contributed by atoms with van der Waals surface area (Å²) in [5.41, 5.74) is 2.26. The molecule has 164 valence electrons. The van der Waals surface area contributed by atoms with Gasteiger partial charge in [-0.15, -0.1) is 10.2 Å². The van der Waals surface area contributed by atoms with Crippen molar-refractivity contribution in [2.45, 2.75) is 22.4 Å². The summed E-state index contributed by atoms with van der Waals surface area (Å²) in [4.78, 5) is 0. The van der Waals surface area contributed by atoms with Gasteiger partial charge in [0.2, 0.25) is 0 Å². The molecule has 1 heterocycles. The van der Waals surface area contributed by atoms with Crippen molar-refractivity contribution in [2.24, 2.45) is 0 Å². The van der Waals surface area contributed by atoms with Gasteiger partial charge in [-0.05, 0) is 42.0 Å². The monoisotopic (exact) mass is 549 g/mol. The number of benzene rings is 3. The van der Waals surface area contributed by atoms with Crippen LogP contribution in [0.4, 0.5) is 4.39 Å². The summed E-state index contributed by atoms with van der Waals surface area (Å²) in [7, 11) is -1.18. The van der Waals surface area contributed by atoms with E-state index in [2.05, 4.69) is 26.1 Å². The van der Waals surface area contributed by atoms with E-state index in [1.807, 2.05) is 59.2 Å². The molecule has 0 spiro atoms. The predicted octanol–water partition coefficient (Wildman–Crippen LogP) is 6.56. The van der Waals surface area contributed by atoms with E-state index in [9.17, 15) is 8.60 Å². The van der Waals surface area contributed by atoms with Gasteiger partial charge >= 0.3 is 0 Å². The summed E-state index contributed by atoms with van der Waals surface area (Å²) >= 11 is 10.9. The van der Waals surface area contributed by atoms with Gasteiger partial charge in [0.05, 0.1) is 5.75 Å². The number of hydrogen-bond donors (Lipinski definition) is 0. The highest BCUT2D eigenvalue weighted by atomic mass is 79.9. The predicted molar refractivity (Wildman–Crippen MR) is 132 cm³/mol. The Morgan fingerprint density at radius 3 is 2.44 bits per heavy atom. The van der Waals surface area contributed by atoms with Crippen molar-refractivity contribution in [3.05, 3.63) is 105 Å². The average Bonchev–Trinajstić information content (AvgIpc) is 3.17. The fourth-order valence-electron chi connectivity index (χ4n) is 3.09. The van der Waals surface area contributed by atoms with E-state index < -0.39 is 10.8 Å². The van der Waals surface area contributed by atoms with Crippen molar-refractivity contribution in [2.75, 3.05) is 0 Å². The number of halogens is 3. The van der Waals surface area contributed by atoms with Crippen LogP contribution < -0.4 is 0 Å². The van der Waals surface area contributed by atoms with Crippen LogP contribution in [-0.2, 0) is 28.1 Å². The van der Waals surface area contributed by atoms with Crippen LogP contribution in [0.3, 0.4) is 0 Å². The molecule has 4 rings (SSSR count).